The van der Waals surface area contributed by atoms with Gasteiger partial charge in [-0.1, -0.05) is 5.16 Å². The Morgan fingerprint density at radius 2 is 2.12 bits per heavy atom. The number of carbonyl (C=O) groups excluding carboxylic acids is 1. The largest absolute Gasteiger partial charge is 0.361 e. The third-order valence-corrected chi connectivity index (χ3v) is 4.49. The fraction of sp³-hybridized carbons (Fsp3) is 0.500. The van der Waals surface area contributed by atoms with Gasteiger partial charge in [-0.2, -0.15) is 0 Å². The minimum absolute atomic E-state index is 0.0803. The van der Waals surface area contributed by atoms with Gasteiger partial charge in [0, 0.05) is 23.9 Å². The van der Waals surface area contributed by atoms with Gasteiger partial charge in [-0.05, 0) is 33.6 Å². The van der Waals surface area contributed by atoms with Gasteiger partial charge in [-0.3, -0.25) is 19.1 Å². The maximum Gasteiger partial charge on any atom is 0.328 e. The average Bonchev–Trinajstić information content (AvgIpc) is 3.11. The summed E-state index contributed by atoms with van der Waals surface area (Å²) in [7, 11) is 0. The molecular weight excluding hydrogens is 312 g/mol. The first kappa shape index (κ1) is 16.2. The Bertz CT molecular complexity index is 873. The zero-order chi connectivity index (χ0) is 17.4. The zero-order valence-electron chi connectivity index (χ0n) is 14.0. The van der Waals surface area contributed by atoms with Crippen molar-refractivity contribution >= 4 is 5.91 Å². The predicted molar refractivity (Wildman–Crippen MR) is 85.7 cm³/mol. The number of carbonyl (C=O) groups is 1. The van der Waals surface area contributed by atoms with E-state index in [2.05, 4.69) is 10.1 Å². The summed E-state index contributed by atoms with van der Waals surface area (Å²) < 4.78 is 6.46. The lowest BCUT2D eigenvalue weighted by Crippen LogP contribution is -2.38. The summed E-state index contributed by atoms with van der Waals surface area (Å²) in [4.78, 5) is 40.0. The molecule has 2 aromatic rings. The monoisotopic (exact) mass is 332 g/mol. The van der Waals surface area contributed by atoms with Gasteiger partial charge in [0.25, 0.3) is 5.56 Å². The quantitative estimate of drug-likeness (QED) is 0.896. The number of rotatable bonds is 3. The van der Waals surface area contributed by atoms with Crippen LogP contribution in [0.2, 0.25) is 0 Å². The van der Waals surface area contributed by atoms with Crippen molar-refractivity contribution in [1.82, 2.24) is 19.6 Å². The highest BCUT2D eigenvalue weighted by molar-refractivity contribution is 5.77. The minimum Gasteiger partial charge on any atom is -0.361 e. The standard InChI is InChI=1S/C16H20N4O4/c1-9-7-19(16(23)17-15(9)22)8-13(21)20-6-4-5-12(20)14-10(2)18-24-11(14)3/h7,12H,4-6,8H2,1-3H3,(H,17,22,23). The van der Waals surface area contributed by atoms with Crippen molar-refractivity contribution < 1.29 is 9.32 Å². The molecule has 2 aromatic heterocycles. The van der Waals surface area contributed by atoms with E-state index in [1.54, 1.807) is 11.8 Å². The summed E-state index contributed by atoms with van der Waals surface area (Å²) in [5.74, 6) is 0.556. The number of aryl methyl sites for hydroxylation is 3. The molecule has 3 rings (SSSR count). The molecular formula is C16H20N4O4. The molecule has 1 unspecified atom stereocenters. The number of likely N-dealkylation sites (tertiary alicyclic amines) is 1. The second-order valence-corrected chi connectivity index (χ2v) is 6.18. The predicted octanol–water partition coefficient (Wildman–Crippen LogP) is 0.814. The van der Waals surface area contributed by atoms with Crippen molar-refractivity contribution in [2.24, 2.45) is 0 Å². The molecule has 1 amide bonds. The molecule has 128 valence electrons. The maximum atomic E-state index is 12.7. The van der Waals surface area contributed by atoms with Crippen LogP contribution in [0.25, 0.3) is 0 Å². The zero-order valence-corrected chi connectivity index (χ0v) is 14.0. The lowest BCUT2D eigenvalue weighted by Gasteiger charge is -2.25. The molecule has 0 aliphatic carbocycles. The summed E-state index contributed by atoms with van der Waals surface area (Å²) in [6.07, 6.45) is 3.15. The molecule has 1 fully saturated rings. The first-order valence-electron chi connectivity index (χ1n) is 7.91. The van der Waals surface area contributed by atoms with E-state index in [1.165, 1.54) is 10.8 Å². The molecule has 1 saturated heterocycles. The van der Waals surface area contributed by atoms with Crippen molar-refractivity contribution in [3.8, 4) is 0 Å². The first-order chi connectivity index (χ1) is 11.4. The molecule has 24 heavy (non-hydrogen) atoms. The lowest BCUT2D eigenvalue weighted by atomic mass is 10.0. The van der Waals surface area contributed by atoms with Crippen LogP contribution in [0.5, 0.6) is 0 Å². The summed E-state index contributed by atoms with van der Waals surface area (Å²) in [6, 6.07) is -0.0803. The minimum atomic E-state index is -0.577. The number of nitrogens with zero attached hydrogens (tertiary/aromatic N) is 3. The molecule has 1 atom stereocenters. The van der Waals surface area contributed by atoms with Crippen molar-refractivity contribution in [2.75, 3.05) is 6.54 Å². The normalized spacial score (nSPS) is 17.5. The first-order valence-corrected chi connectivity index (χ1v) is 7.91. The maximum absolute atomic E-state index is 12.7. The van der Waals surface area contributed by atoms with E-state index in [1.807, 2.05) is 13.8 Å². The Labute approximate surface area is 138 Å². The smallest absolute Gasteiger partial charge is 0.328 e. The highest BCUT2D eigenvalue weighted by atomic mass is 16.5. The average molecular weight is 332 g/mol. The van der Waals surface area contributed by atoms with Gasteiger partial charge in [0.15, 0.2) is 0 Å². The van der Waals surface area contributed by atoms with Crippen molar-refractivity contribution in [3.63, 3.8) is 0 Å². The third-order valence-electron chi connectivity index (χ3n) is 4.49. The van der Waals surface area contributed by atoms with Crippen LogP contribution in [0.4, 0.5) is 0 Å². The number of hydrogen-bond donors (Lipinski definition) is 1. The van der Waals surface area contributed by atoms with Crippen LogP contribution in [0.3, 0.4) is 0 Å². The summed E-state index contributed by atoms with van der Waals surface area (Å²) in [6.45, 7) is 5.83. The molecule has 1 aliphatic rings. The number of aromatic nitrogens is 3. The van der Waals surface area contributed by atoms with Gasteiger partial charge < -0.3 is 9.42 Å². The van der Waals surface area contributed by atoms with Crippen LogP contribution in [0.1, 0.15) is 41.5 Å². The molecule has 1 aliphatic heterocycles. The van der Waals surface area contributed by atoms with E-state index in [4.69, 9.17) is 4.52 Å². The van der Waals surface area contributed by atoms with E-state index in [0.29, 0.717) is 17.9 Å². The summed E-state index contributed by atoms with van der Waals surface area (Å²) in [5, 5.41) is 3.97. The van der Waals surface area contributed by atoms with Gasteiger partial charge >= 0.3 is 5.69 Å². The van der Waals surface area contributed by atoms with Crippen molar-refractivity contribution in [1.29, 1.82) is 0 Å². The SMILES string of the molecule is Cc1noc(C)c1C1CCCN1C(=O)Cn1cc(C)c(=O)[nH]c1=O. The molecule has 0 radical (unpaired) electrons. The van der Waals surface area contributed by atoms with Gasteiger partial charge in [-0.15, -0.1) is 0 Å². The summed E-state index contributed by atoms with van der Waals surface area (Å²) >= 11 is 0. The van der Waals surface area contributed by atoms with Gasteiger partial charge in [-0.25, -0.2) is 4.79 Å². The van der Waals surface area contributed by atoms with E-state index in [-0.39, 0.29) is 18.5 Å². The Hall–Kier alpha value is -2.64. The number of amides is 1. The molecule has 8 heteroatoms. The molecule has 8 nitrogen and oxygen atoms in total. The number of aromatic amines is 1. The van der Waals surface area contributed by atoms with Crippen molar-refractivity contribution in [2.45, 2.75) is 46.2 Å². The summed E-state index contributed by atoms with van der Waals surface area (Å²) in [5.41, 5.74) is 1.12. The lowest BCUT2D eigenvalue weighted by molar-refractivity contribution is -0.132. The van der Waals surface area contributed by atoms with Crippen LogP contribution in [-0.4, -0.2) is 32.1 Å². The number of nitrogens with one attached hydrogen (secondary N) is 1. The molecule has 0 spiro atoms. The third kappa shape index (κ3) is 2.79. The fourth-order valence-corrected chi connectivity index (χ4v) is 3.30. The van der Waals surface area contributed by atoms with E-state index < -0.39 is 11.2 Å². The molecule has 3 heterocycles. The van der Waals surface area contributed by atoms with Crippen LogP contribution < -0.4 is 11.2 Å². The van der Waals surface area contributed by atoms with Crippen LogP contribution in [-0.2, 0) is 11.3 Å². The molecule has 0 saturated carbocycles. The van der Waals surface area contributed by atoms with E-state index in [9.17, 15) is 14.4 Å². The van der Waals surface area contributed by atoms with E-state index >= 15 is 0 Å². The van der Waals surface area contributed by atoms with Crippen LogP contribution >= 0.6 is 0 Å². The number of H-pyrrole nitrogens is 1. The molecule has 0 aromatic carbocycles. The number of hydrogen-bond acceptors (Lipinski definition) is 5. The Morgan fingerprint density at radius 3 is 2.79 bits per heavy atom. The topological polar surface area (TPSA) is 101 Å². The second kappa shape index (κ2) is 6.10. The molecule has 0 bridgehead atoms. The fourth-order valence-electron chi connectivity index (χ4n) is 3.30. The Morgan fingerprint density at radius 1 is 1.38 bits per heavy atom. The van der Waals surface area contributed by atoms with Gasteiger partial charge in [0.05, 0.1) is 11.7 Å². The highest BCUT2D eigenvalue weighted by Gasteiger charge is 2.33. The Kier molecular flexibility index (Phi) is 4.13. The highest BCUT2D eigenvalue weighted by Crippen LogP contribution is 2.35. The van der Waals surface area contributed by atoms with Crippen molar-refractivity contribution in [3.05, 3.63) is 49.6 Å². The second-order valence-electron chi connectivity index (χ2n) is 6.18. The Balaban J connectivity index is 1.86. The van der Waals surface area contributed by atoms with Gasteiger partial charge in [0.1, 0.15) is 12.3 Å². The van der Waals surface area contributed by atoms with E-state index in [0.717, 1.165) is 24.1 Å². The van der Waals surface area contributed by atoms with Crippen LogP contribution in [0.15, 0.2) is 20.3 Å². The van der Waals surface area contributed by atoms with Gasteiger partial charge in [0.2, 0.25) is 5.91 Å². The molecule has 1 N–H and O–H groups in total. The van der Waals surface area contributed by atoms with Crippen LogP contribution in [0, 0.1) is 20.8 Å².